The van der Waals surface area contributed by atoms with Crippen LogP contribution in [0.15, 0.2) is 89.6 Å². The Labute approximate surface area is 154 Å². The van der Waals surface area contributed by atoms with E-state index in [9.17, 15) is 0 Å². The summed E-state index contributed by atoms with van der Waals surface area (Å²) in [5.41, 5.74) is 5.85. The summed E-state index contributed by atoms with van der Waals surface area (Å²) in [5.74, 6) is 0. The number of furan rings is 1. The van der Waals surface area contributed by atoms with E-state index < -0.39 is 0 Å². The van der Waals surface area contributed by atoms with Gasteiger partial charge in [0.05, 0.1) is 11.0 Å². The summed E-state index contributed by atoms with van der Waals surface area (Å²) in [4.78, 5) is 9.21. The van der Waals surface area contributed by atoms with Gasteiger partial charge in [-0.2, -0.15) is 0 Å². The Balaban J connectivity index is 1.56. The minimum atomic E-state index is 0.897. The van der Waals surface area contributed by atoms with Gasteiger partial charge in [-0.1, -0.05) is 42.5 Å². The van der Waals surface area contributed by atoms with Crippen molar-refractivity contribution < 1.29 is 4.42 Å². The highest BCUT2D eigenvalue weighted by Gasteiger charge is 2.09. The van der Waals surface area contributed by atoms with Gasteiger partial charge < -0.3 is 4.42 Å². The maximum absolute atomic E-state index is 6.03. The van der Waals surface area contributed by atoms with Gasteiger partial charge in [-0.3, -0.25) is 9.97 Å². The fraction of sp³-hybridized carbons (Fsp3) is 0. The third kappa shape index (κ3) is 2.15. The molecule has 3 heterocycles. The van der Waals surface area contributed by atoms with Gasteiger partial charge in [-0.05, 0) is 35.9 Å². The first-order valence-electron chi connectivity index (χ1n) is 8.92. The average Bonchev–Trinajstić information content (AvgIpc) is 3.11. The lowest BCUT2D eigenvalue weighted by atomic mass is 10.0. The Morgan fingerprint density at radius 2 is 1.44 bits per heavy atom. The third-order valence-electron chi connectivity index (χ3n) is 5.13. The zero-order valence-electron chi connectivity index (χ0n) is 14.4. The van der Waals surface area contributed by atoms with Crippen LogP contribution < -0.4 is 0 Å². The topological polar surface area (TPSA) is 38.9 Å². The molecule has 3 nitrogen and oxygen atoms in total. The van der Waals surface area contributed by atoms with Crippen molar-refractivity contribution in [3.8, 4) is 11.1 Å². The molecule has 6 aromatic rings. The van der Waals surface area contributed by atoms with Crippen LogP contribution in [0.2, 0.25) is 0 Å². The van der Waals surface area contributed by atoms with E-state index >= 15 is 0 Å². The summed E-state index contributed by atoms with van der Waals surface area (Å²) in [6, 6.07) is 24.9. The first-order chi connectivity index (χ1) is 13.4. The predicted molar refractivity (Wildman–Crippen MR) is 110 cm³/mol. The van der Waals surface area contributed by atoms with Crippen molar-refractivity contribution in [3.63, 3.8) is 0 Å². The summed E-state index contributed by atoms with van der Waals surface area (Å²) in [5, 5.41) is 4.48. The molecule has 3 heteroatoms. The highest BCUT2D eigenvalue weighted by Crippen LogP contribution is 2.33. The van der Waals surface area contributed by atoms with Gasteiger partial charge in [0.1, 0.15) is 11.2 Å². The molecule has 0 atom stereocenters. The van der Waals surface area contributed by atoms with Gasteiger partial charge in [-0.15, -0.1) is 0 Å². The Bertz CT molecular complexity index is 1480. The number of hydrogen-bond acceptors (Lipinski definition) is 3. The largest absolute Gasteiger partial charge is 0.456 e. The molecule has 0 aliphatic rings. The van der Waals surface area contributed by atoms with Gasteiger partial charge in [0, 0.05) is 39.5 Å². The maximum Gasteiger partial charge on any atom is 0.136 e. The van der Waals surface area contributed by atoms with Crippen LogP contribution in [0.25, 0.3) is 54.9 Å². The van der Waals surface area contributed by atoms with E-state index in [1.54, 1.807) is 0 Å². The fourth-order valence-corrected chi connectivity index (χ4v) is 3.80. The van der Waals surface area contributed by atoms with E-state index in [2.05, 4.69) is 53.5 Å². The molecular weight excluding hydrogens is 332 g/mol. The Morgan fingerprint density at radius 1 is 0.593 bits per heavy atom. The number of hydrogen-bond donors (Lipinski definition) is 0. The second-order valence-corrected chi connectivity index (χ2v) is 6.75. The molecule has 0 saturated heterocycles. The molecule has 27 heavy (non-hydrogen) atoms. The monoisotopic (exact) mass is 346 g/mol. The lowest BCUT2D eigenvalue weighted by Crippen LogP contribution is -1.86. The standard InChI is InChI=1S/C24H14N2O/c1-2-6-21-19(5-1)20-10-9-16(13-22(20)27-21)18-12-17-8-7-15-4-3-11-25-23(15)24(17)26-14-18/h1-14H. The second-order valence-electron chi connectivity index (χ2n) is 6.75. The normalized spacial score (nSPS) is 11.7. The molecular formula is C24H14N2O. The van der Waals surface area contributed by atoms with E-state index in [4.69, 9.17) is 9.40 Å². The summed E-state index contributed by atoms with van der Waals surface area (Å²) in [6.45, 7) is 0. The Morgan fingerprint density at radius 3 is 2.44 bits per heavy atom. The van der Waals surface area contributed by atoms with E-state index in [1.165, 1.54) is 0 Å². The molecule has 0 radical (unpaired) electrons. The van der Waals surface area contributed by atoms with E-state index in [-0.39, 0.29) is 0 Å². The predicted octanol–water partition coefficient (Wildman–Crippen LogP) is 6.35. The molecule has 0 N–H and O–H groups in total. The highest BCUT2D eigenvalue weighted by atomic mass is 16.3. The quantitative estimate of drug-likeness (QED) is 0.326. The Hall–Kier alpha value is -3.72. The molecule has 0 spiro atoms. The first-order valence-corrected chi connectivity index (χ1v) is 8.92. The lowest BCUT2D eigenvalue weighted by Gasteiger charge is -2.06. The summed E-state index contributed by atoms with van der Waals surface area (Å²) in [6.07, 6.45) is 3.73. The molecule has 0 amide bonds. The maximum atomic E-state index is 6.03. The molecule has 0 aliphatic heterocycles. The molecule has 3 aromatic carbocycles. The van der Waals surface area contributed by atoms with Gasteiger partial charge in [0.15, 0.2) is 0 Å². The fourth-order valence-electron chi connectivity index (χ4n) is 3.80. The van der Waals surface area contributed by atoms with E-state index in [1.807, 2.05) is 36.7 Å². The van der Waals surface area contributed by atoms with Crippen LogP contribution in [0, 0.1) is 0 Å². The van der Waals surface area contributed by atoms with Crippen molar-refractivity contribution in [1.29, 1.82) is 0 Å². The van der Waals surface area contributed by atoms with Gasteiger partial charge in [-0.25, -0.2) is 0 Å². The van der Waals surface area contributed by atoms with Crippen molar-refractivity contribution >= 4 is 43.7 Å². The molecule has 0 aliphatic carbocycles. The smallest absolute Gasteiger partial charge is 0.136 e. The molecule has 0 bridgehead atoms. The van der Waals surface area contributed by atoms with Crippen molar-refractivity contribution in [2.75, 3.05) is 0 Å². The summed E-state index contributed by atoms with van der Waals surface area (Å²) >= 11 is 0. The third-order valence-corrected chi connectivity index (χ3v) is 5.13. The molecule has 3 aromatic heterocycles. The van der Waals surface area contributed by atoms with Crippen LogP contribution in [0.1, 0.15) is 0 Å². The van der Waals surface area contributed by atoms with Crippen LogP contribution in [0.3, 0.4) is 0 Å². The number of para-hydroxylation sites is 1. The lowest BCUT2D eigenvalue weighted by molar-refractivity contribution is 0.669. The molecule has 0 fully saturated rings. The van der Waals surface area contributed by atoms with Crippen molar-refractivity contribution in [3.05, 3.63) is 85.2 Å². The number of rotatable bonds is 1. The van der Waals surface area contributed by atoms with E-state index in [0.717, 1.165) is 54.9 Å². The van der Waals surface area contributed by atoms with Crippen LogP contribution >= 0.6 is 0 Å². The van der Waals surface area contributed by atoms with Gasteiger partial charge >= 0.3 is 0 Å². The average molecular weight is 346 g/mol. The Kier molecular flexibility index (Phi) is 2.88. The SMILES string of the molecule is c1cnc2c(c1)ccc1cc(-c3ccc4c(c3)oc3ccccc34)cnc12. The first kappa shape index (κ1) is 14.4. The molecule has 6 rings (SSSR count). The summed E-state index contributed by atoms with van der Waals surface area (Å²) in [7, 11) is 0. The molecule has 0 unspecified atom stereocenters. The minimum absolute atomic E-state index is 0.897. The van der Waals surface area contributed by atoms with Gasteiger partial charge in [0.25, 0.3) is 0 Å². The highest BCUT2D eigenvalue weighted by molar-refractivity contribution is 6.06. The van der Waals surface area contributed by atoms with Crippen molar-refractivity contribution in [1.82, 2.24) is 9.97 Å². The zero-order valence-corrected chi connectivity index (χ0v) is 14.4. The zero-order chi connectivity index (χ0) is 17.8. The van der Waals surface area contributed by atoms with Crippen LogP contribution in [0.5, 0.6) is 0 Å². The van der Waals surface area contributed by atoms with Crippen LogP contribution in [-0.4, -0.2) is 9.97 Å². The van der Waals surface area contributed by atoms with Crippen LogP contribution in [-0.2, 0) is 0 Å². The number of aromatic nitrogens is 2. The van der Waals surface area contributed by atoms with Crippen molar-refractivity contribution in [2.45, 2.75) is 0 Å². The number of benzene rings is 3. The number of fused-ring (bicyclic) bond motifs is 6. The van der Waals surface area contributed by atoms with Gasteiger partial charge in [0.2, 0.25) is 0 Å². The second kappa shape index (κ2) is 5.39. The van der Waals surface area contributed by atoms with E-state index in [0.29, 0.717) is 0 Å². The van der Waals surface area contributed by atoms with Crippen molar-refractivity contribution in [2.24, 2.45) is 0 Å². The molecule has 126 valence electrons. The number of pyridine rings is 2. The number of nitrogens with zero attached hydrogens (tertiary/aromatic N) is 2. The minimum Gasteiger partial charge on any atom is -0.456 e. The van der Waals surface area contributed by atoms with Crippen LogP contribution in [0.4, 0.5) is 0 Å². The summed E-state index contributed by atoms with van der Waals surface area (Å²) < 4.78 is 6.03. The molecule has 0 saturated carbocycles.